The number of nitrogens with one attached hydrogen (secondary N) is 3. The highest BCUT2D eigenvalue weighted by molar-refractivity contribution is 6.06. The number of amides is 3. The lowest BCUT2D eigenvalue weighted by atomic mass is 10.2. The zero-order chi connectivity index (χ0) is 21.8. The number of urea groups is 1. The molecule has 0 radical (unpaired) electrons. The lowest BCUT2D eigenvalue weighted by Crippen LogP contribution is -2.36. The fourth-order valence-electron chi connectivity index (χ4n) is 3.11. The topological polar surface area (TPSA) is 129 Å². The second kappa shape index (κ2) is 8.68. The lowest BCUT2D eigenvalue weighted by Gasteiger charge is -2.24. The maximum atomic E-state index is 13.0. The molecule has 0 bridgehead atoms. The van der Waals surface area contributed by atoms with E-state index in [0.29, 0.717) is 30.3 Å². The molecule has 0 atom stereocenters. The van der Waals surface area contributed by atoms with Gasteiger partial charge in [-0.1, -0.05) is 6.07 Å². The van der Waals surface area contributed by atoms with Crippen LogP contribution in [0.4, 0.5) is 16.3 Å². The van der Waals surface area contributed by atoms with Gasteiger partial charge >= 0.3 is 6.03 Å². The van der Waals surface area contributed by atoms with Gasteiger partial charge in [-0.3, -0.25) is 25.4 Å². The third-order valence-corrected chi connectivity index (χ3v) is 4.74. The second-order valence-electron chi connectivity index (χ2n) is 6.93. The van der Waals surface area contributed by atoms with Gasteiger partial charge in [0.25, 0.3) is 5.91 Å². The van der Waals surface area contributed by atoms with Gasteiger partial charge in [0.2, 0.25) is 0 Å². The molecule has 2 aromatic rings. The van der Waals surface area contributed by atoms with E-state index in [-0.39, 0.29) is 29.5 Å². The minimum Gasteiger partial charge on any atom is -0.354 e. The van der Waals surface area contributed by atoms with Crippen LogP contribution >= 0.6 is 0 Å². The van der Waals surface area contributed by atoms with Crippen molar-refractivity contribution in [1.82, 2.24) is 20.2 Å². The molecule has 156 valence electrons. The van der Waals surface area contributed by atoms with E-state index in [0.717, 1.165) is 6.34 Å². The van der Waals surface area contributed by atoms with Crippen molar-refractivity contribution in [2.24, 2.45) is 0 Å². The van der Waals surface area contributed by atoms with Gasteiger partial charge in [0.1, 0.15) is 17.2 Å². The predicted octanol–water partition coefficient (Wildman–Crippen LogP) is 1.93. The normalized spacial score (nSPS) is 13.5. The van der Waals surface area contributed by atoms with Crippen molar-refractivity contribution in [2.45, 2.75) is 19.9 Å². The summed E-state index contributed by atoms with van der Waals surface area (Å²) in [5, 5.41) is 18.4. The summed E-state index contributed by atoms with van der Waals surface area (Å²) in [6.45, 7) is 4.64. The van der Waals surface area contributed by atoms with Gasteiger partial charge in [-0.05, 0) is 38.1 Å². The molecule has 0 aliphatic carbocycles. The second-order valence-corrected chi connectivity index (χ2v) is 6.93. The maximum Gasteiger partial charge on any atom is 0.330 e. The molecule has 1 saturated heterocycles. The first-order valence-corrected chi connectivity index (χ1v) is 9.49. The van der Waals surface area contributed by atoms with E-state index < -0.39 is 0 Å². The maximum absolute atomic E-state index is 13.0. The van der Waals surface area contributed by atoms with Crippen molar-refractivity contribution in [1.29, 1.82) is 10.8 Å². The van der Waals surface area contributed by atoms with Crippen LogP contribution in [-0.4, -0.2) is 65.2 Å². The fourth-order valence-corrected chi connectivity index (χ4v) is 3.11. The molecule has 0 saturated carbocycles. The Morgan fingerprint density at radius 1 is 1.20 bits per heavy atom. The summed E-state index contributed by atoms with van der Waals surface area (Å²) in [5.74, 6) is 0.243. The Labute approximate surface area is 174 Å². The standard InChI is InChI=1S/C20H24N8O2/c1-13(2)28(12-21)18(22)15-5-4-6-17(25-15)27-10-9-26(20(27)30)14-7-8-16(24-11-14)19(29)23-3/h4-8,11-13,21-22H,9-10H2,1-3H3,(H,23,29). The number of carbonyl (C=O) groups is 2. The summed E-state index contributed by atoms with van der Waals surface area (Å²) >= 11 is 0. The van der Waals surface area contributed by atoms with Gasteiger partial charge in [0.05, 0.1) is 18.2 Å². The number of pyridine rings is 2. The number of rotatable bonds is 6. The molecule has 0 aromatic carbocycles. The van der Waals surface area contributed by atoms with E-state index in [4.69, 9.17) is 10.8 Å². The molecule has 3 N–H and O–H groups in total. The molecule has 10 nitrogen and oxygen atoms in total. The monoisotopic (exact) mass is 408 g/mol. The quantitative estimate of drug-likeness (QED) is 0.497. The minimum atomic E-state index is -0.292. The van der Waals surface area contributed by atoms with E-state index in [2.05, 4.69) is 15.3 Å². The van der Waals surface area contributed by atoms with Crippen molar-refractivity contribution in [3.05, 3.63) is 47.9 Å². The van der Waals surface area contributed by atoms with Crippen LogP contribution in [0.15, 0.2) is 36.5 Å². The molecule has 2 aromatic heterocycles. The third kappa shape index (κ3) is 3.97. The van der Waals surface area contributed by atoms with E-state index >= 15 is 0 Å². The Bertz CT molecular complexity index is 973. The number of hydrogen-bond donors (Lipinski definition) is 3. The van der Waals surface area contributed by atoms with Gasteiger partial charge in [0, 0.05) is 26.2 Å². The van der Waals surface area contributed by atoms with Crippen LogP contribution in [0.5, 0.6) is 0 Å². The molecular formula is C20H24N8O2. The number of aromatic nitrogens is 2. The summed E-state index contributed by atoms with van der Waals surface area (Å²) in [6.07, 6.45) is 2.59. The smallest absolute Gasteiger partial charge is 0.330 e. The molecule has 3 heterocycles. The minimum absolute atomic E-state index is 0.0605. The Kier molecular flexibility index (Phi) is 6.05. The zero-order valence-corrected chi connectivity index (χ0v) is 17.1. The van der Waals surface area contributed by atoms with Crippen LogP contribution in [0.1, 0.15) is 30.0 Å². The SMILES string of the molecule is CNC(=O)c1ccc(N2CCN(c3cccc(C(=N)N(C=N)C(C)C)n3)C2=O)cn1. The summed E-state index contributed by atoms with van der Waals surface area (Å²) in [7, 11) is 1.53. The van der Waals surface area contributed by atoms with Gasteiger partial charge in [-0.15, -0.1) is 0 Å². The van der Waals surface area contributed by atoms with E-state index in [1.807, 2.05) is 13.8 Å². The molecule has 1 aliphatic heterocycles. The Hall–Kier alpha value is -3.82. The first-order chi connectivity index (χ1) is 14.4. The van der Waals surface area contributed by atoms with Crippen LogP contribution < -0.4 is 15.1 Å². The van der Waals surface area contributed by atoms with Gasteiger partial charge in [0.15, 0.2) is 5.84 Å². The van der Waals surface area contributed by atoms with Gasteiger partial charge < -0.3 is 10.2 Å². The molecule has 0 spiro atoms. The molecule has 3 amide bonds. The Morgan fingerprint density at radius 3 is 2.53 bits per heavy atom. The summed E-state index contributed by atoms with van der Waals surface area (Å²) in [5.41, 5.74) is 1.25. The van der Waals surface area contributed by atoms with Crippen LogP contribution in [0.25, 0.3) is 0 Å². The largest absolute Gasteiger partial charge is 0.354 e. The number of nitrogens with zero attached hydrogens (tertiary/aromatic N) is 5. The number of anilines is 2. The fraction of sp³-hybridized carbons (Fsp3) is 0.300. The van der Waals surface area contributed by atoms with Crippen molar-refractivity contribution in [3.63, 3.8) is 0 Å². The molecule has 1 fully saturated rings. The molecule has 3 rings (SSSR count). The van der Waals surface area contributed by atoms with Crippen LogP contribution in [-0.2, 0) is 0 Å². The molecule has 30 heavy (non-hydrogen) atoms. The van der Waals surface area contributed by atoms with Crippen molar-refractivity contribution < 1.29 is 9.59 Å². The highest BCUT2D eigenvalue weighted by Crippen LogP contribution is 2.24. The first kappa shape index (κ1) is 20.9. The number of amidine groups is 1. The molecule has 0 unspecified atom stereocenters. The van der Waals surface area contributed by atoms with Crippen LogP contribution in [0.3, 0.4) is 0 Å². The zero-order valence-electron chi connectivity index (χ0n) is 17.1. The predicted molar refractivity (Wildman–Crippen MR) is 115 cm³/mol. The summed E-state index contributed by atoms with van der Waals surface area (Å²) in [6, 6.07) is 8.08. The Balaban J connectivity index is 1.80. The lowest BCUT2D eigenvalue weighted by molar-refractivity contribution is 0.0958. The highest BCUT2D eigenvalue weighted by Gasteiger charge is 2.32. The average Bonchev–Trinajstić information content (AvgIpc) is 3.14. The van der Waals surface area contributed by atoms with E-state index in [1.165, 1.54) is 23.0 Å². The molecule has 1 aliphatic rings. The first-order valence-electron chi connectivity index (χ1n) is 9.49. The van der Waals surface area contributed by atoms with E-state index in [1.54, 1.807) is 35.2 Å². The Morgan fingerprint density at radius 2 is 1.93 bits per heavy atom. The number of carbonyl (C=O) groups excluding carboxylic acids is 2. The highest BCUT2D eigenvalue weighted by atomic mass is 16.2. The van der Waals surface area contributed by atoms with Crippen molar-refractivity contribution >= 4 is 35.6 Å². The third-order valence-electron chi connectivity index (χ3n) is 4.74. The molecule has 10 heteroatoms. The summed E-state index contributed by atoms with van der Waals surface area (Å²) < 4.78 is 0. The van der Waals surface area contributed by atoms with Crippen molar-refractivity contribution in [2.75, 3.05) is 29.9 Å². The molecular weight excluding hydrogens is 384 g/mol. The van der Waals surface area contributed by atoms with E-state index in [9.17, 15) is 9.59 Å². The summed E-state index contributed by atoms with van der Waals surface area (Å²) in [4.78, 5) is 37.8. The average molecular weight is 408 g/mol. The van der Waals surface area contributed by atoms with Gasteiger partial charge in [-0.25, -0.2) is 14.8 Å². The van der Waals surface area contributed by atoms with Crippen LogP contribution in [0, 0.1) is 10.8 Å². The van der Waals surface area contributed by atoms with Crippen LogP contribution in [0.2, 0.25) is 0 Å². The van der Waals surface area contributed by atoms with Gasteiger partial charge in [-0.2, -0.15) is 0 Å². The number of hydrogen-bond acceptors (Lipinski definition) is 6. The van der Waals surface area contributed by atoms with Crippen molar-refractivity contribution in [3.8, 4) is 0 Å².